The van der Waals surface area contributed by atoms with Crippen LogP contribution in [0.2, 0.25) is 0 Å². The zero-order valence-electron chi connectivity index (χ0n) is 24.6. The molecule has 0 unspecified atom stereocenters. The van der Waals surface area contributed by atoms with Crippen LogP contribution in [0, 0.1) is 0 Å². The van der Waals surface area contributed by atoms with Crippen molar-refractivity contribution < 1.29 is 19.0 Å². The van der Waals surface area contributed by atoms with Crippen molar-refractivity contribution in [2.24, 2.45) is 4.99 Å². The molecule has 1 aliphatic rings. The Kier molecular flexibility index (Phi) is 8.04. The number of fused-ring (bicyclic) bond motifs is 2. The number of aromatic amines is 1. The van der Waals surface area contributed by atoms with E-state index in [1.807, 2.05) is 78.9 Å². The maximum atomic E-state index is 14.3. The van der Waals surface area contributed by atoms with Crippen molar-refractivity contribution in [2.75, 3.05) is 20.3 Å². The largest absolute Gasteiger partial charge is 0.497 e. The number of carbonyl (C=O) groups is 1. The predicted octanol–water partition coefficient (Wildman–Crippen LogP) is 5.52. The van der Waals surface area contributed by atoms with Gasteiger partial charge in [0.05, 0.1) is 41.3 Å². The highest BCUT2D eigenvalue weighted by Crippen LogP contribution is 2.34. The number of esters is 1. The van der Waals surface area contributed by atoms with E-state index in [2.05, 4.69) is 11.6 Å². The van der Waals surface area contributed by atoms with Crippen LogP contribution in [0.15, 0.2) is 107 Å². The Bertz CT molecular complexity index is 2090. The standard InChI is InChI=1S/C35H31N3O5S/c1-5-18-43-24-14-12-23(13-15-24)32-30(34(40)42-6-2)21(3)36-35-38(32)33(39)29(44-35)20-27-26-19-25(41-4)16-17-28(26)37-31(27)22-10-8-7-9-11-22/h5,7-17,19-20,32,37H,1,6,18H2,2-4H3/b29-20-/t32-/m1/s1. The number of ether oxygens (including phenoxy) is 3. The van der Waals surface area contributed by atoms with Gasteiger partial charge in [-0.2, -0.15) is 0 Å². The second kappa shape index (κ2) is 12.2. The van der Waals surface area contributed by atoms with E-state index in [4.69, 9.17) is 19.2 Å². The lowest BCUT2D eigenvalue weighted by molar-refractivity contribution is -0.139. The number of benzene rings is 3. The number of H-pyrrole nitrogens is 1. The number of hydrogen-bond donors (Lipinski definition) is 1. The van der Waals surface area contributed by atoms with Gasteiger partial charge in [0.1, 0.15) is 18.1 Å². The lowest BCUT2D eigenvalue weighted by atomic mass is 9.96. The number of carbonyl (C=O) groups excluding carboxylic acids is 1. The van der Waals surface area contributed by atoms with Gasteiger partial charge in [0.25, 0.3) is 5.56 Å². The Labute approximate surface area is 257 Å². The van der Waals surface area contributed by atoms with E-state index in [0.29, 0.717) is 38.7 Å². The second-order valence-corrected chi connectivity index (χ2v) is 11.2. The van der Waals surface area contributed by atoms with E-state index in [1.165, 1.54) is 11.3 Å². The number of hydrogen-bond acceptors (Lipinski definition) is 7. The average Bonchev–Trinajstić information content (AvgIpc) is 3.56. The summed E-state index contributed by atoms with van der Waals surface area (Å²) in [4.78, 5) is 36.3. The van der Waals surface area contributed by atoms with Crippen LogP contribution < -0.4 is 24.4 Å². The number of allylic oxidation sites excluding steroid dienone is 1. The minimum Gasteiger partial charge on any atom is -0.497 e. The van der Waals surface area contributed by atoms with Crippen LogP contribution in [0.3, 0.4) is 0 Å². The number of aromatic nitrogens is 2. The molecule has 1 N–H and O–H groups in total. The van der Waals surface area contributed by atoms with E-state index in [1.54, 1.807) is 31.6 Å². The molecule has 0 amide bonds. The first kappa shape index (κ1) is 28.9. The summed E-state index contributed by atoms with van der Waals surface area (Å²) in [6.45, 7) is 7.79. The van der Waals surface area contributed by atoms with Gasteiger partial charge in [-0.25, -0.2) is 9.79 Å². The lowest BCUT2D eigenvalue weighted by Gasteiger charge is -2.24. The smallest absolute Gasteiger partial charge is 0.338 e. The van der Waals surface area contributed by atoms with E-state index in [9.17, 15) is 9.59 Å². The molecule has 2 aromatic heterocycles. The molecule has 0 saturated carbocycles. The van der Waals surface area contributed by atoms with Crippen LogP contribution in [0.25, 0.3) is 28.2 Å². The van der Waals surface area contributed by atoms with Crippen LogP contribution in [0.5, 0.6) is 11.5 Å². The van der Waals surface area contributed by atoms with Gasteiger partial charge in [0, 0.05) is 16.5 Å². The zero-order chi connectivity index (χ0) is 30.8. The highest BCUT2D eigenvalue weighted by atomic mass is 32.1. The molecule has 44 heavy (non-hydrogen) atoms. The van der Waals surface area contributed by atoms with Crippen molar-refractivity contribution in [2.45, 2.75) is 19.9 Å². The molecule has 0 radical (unpaired) electrons. The van der Waals surface area contributed by atoms with E-state index < -0.39 is 12.0 Å². The summed E-state index contributed by atoms with van der Waals surface area (Å²) in [7, 11) is 1.63. The summed E-state index contributed by atoms with van der Waals surface area (Å²) in [5.74, 6) is 0.861. The summed E-state index contributed by atoms with van der Waals surface area (Å²) in [6, 6.07) is 22.4. The van der Waals surface area contributed by atoms with Crippen LogP contribution in [0.4, 0.5) is 0 Å². The van der Waals surface area contributed by atoms with E-state index in [-0.39, 0.29) is 12.2 Å². The molecule has 3 heterocycles. The SMILES string of the molecule is C=CCOc1ccc([C@@H]2C(C(=O)OCC)=C(C)N=c3s/c(=C\c4c(-c5ccccc5)[nH]c5ccc(OC)cc45)c(=O)n32)cc1. The van der Waals surface area contributed by atoms with E-state index in [0.717, 1.165) is 33.3 Å². The van der Waals surface area contributed by atoms with Crippen LogP contribution in [-0.2, 0) is 9.53 Å². The molecule has 1 aliphatic heterocycles. The third-order valence-corrected chi connectivity index (χ3v) is 8.45. The molecule has 0 bridgehead atoms. The summed E-state index contributed by atoms with van der Waals surface area (Å²) in [5.41, 5.74) is 4.97. The maximum absolute atomic E-state index is 14.3. The Morgan fingerprint density at radius 3 is 2.55 bits per heavy atom. The van der Waals surface area contributed by atoms with Gasteiger partial charge in [0.15, 0.2) is 4.80 Å². The van der Waals surface area contributed by atoms with Gasteiger partial charge in [0.2, 0.25) is 0 Å². The maximum Gasteiger partial charge on any atom is 0.338 e. The second-order valence-electron chi connectivity index (χ2n) is 10.2. The Hall–Kier alpha value is -5.15. The molecule has 0 spiro atoms. The first-order valence-electron chi connectivity index (χ1n) is 14.2. The van der Waals surface area contributed by atoms with Crippen LogP contribution >= 0.6 is 11.3 Å². The Morgan fingerprint density at radius 1 is 1.09 bits per heavy atom. The molecule has 5 aromatic rings. The molecule has 3 aromatic carbocycles. The van der Waals surface area contributed by atoms with Gasteiger partial charge in [-0.1, -0.05) is 66.5 Å². The summed E-state index contributed by atoms with van der Waals surface area (Å²) >= 11 is 1.29. The van der Waals surface area contributed by atoms with Crippen molar-refractivity contribution in [3.8, 4) is 22.8 Å². The minimum absolute atomic E-state index is 0.202. The molecule has 8 nitrogen and oxygen atoms in total. The third-order valence-electron chi connectivity index (χ3n) is 7.46. The highest BCUT2D eigenvalue weighted by molar-refractivity contribution is 7.07. The third kappa shape index (κ3) is 5.26. The molecule has 1 atom stereocenters. The number of nitrogens with zero attached hydrogens (tertiary/aromatic N) is 2. The molecular weight excluding hydrogens is 574 g/mol. The molecule has 0 saturated heterocycles. The first-order chi connectivity index (χ1) is 21.4. The monoisotopic (exact) mass is 605 g/mol. The van der Waals surface area contributed by atoms with Crippen molar-refractivity contribution >= 4 is 34.3 Å². The quantitative estimate of drug-likeness (QED) is 0.176. The first-order valence-corrected chi connectivity index (χ1v) is 15.0. The Balaban J connectivity index is 1.57. The lowest BCUT2D eigenvalue weighted by Crippen LogP contribution is -2.39. The number of methoxy groups -OCH3 is 1. The fourth-order valence-corrected chi connectivity index (χ4v) is 6.47. The van der Waals surface area contributed by atoms with Crippen molar-refractivity contribution in [1.82, 2.24) is 9.55 Å². The van der Waals surface area contributed by atoms with E-state index >= 15 is 0 Å². The number of nitrogens with one attached hydrogen (secondary N) is 1. The van der Waals surface area contributed by atoms with Crippen molar-refractivity contribution in [1.29, 1.82) is 0 Å². The van der Waals surface area contributed by atoms with Gasteiger partial charge in [-0.3, -0.25) is 9.36 Å². The topological polar surface area (TPSA) is 94.9 Å². The molecule has 9 heteroatoms. The molecule has 0 fully saturated rings. The van der Waals surface area contributed by atoms with Gasteiger partial charge < -0.3 is 19.2 Å². The molecular formula is C35H31N3O5S. The van der Waals surface area contributed by atoms with Crippen LogP contribution in [0.1, 0.15) is 31.0 Å². The number of thiazole rings is 1. The van der Waals surface area contributed by atoms with Crippen molar-refractivity contribution in [3.63, 3.8) is 0 Å². The predicted molar refractivity (Wildman–Crippen MR) is 173 cm³/mol. The summed E-state index contributed by atoms with van der Waals surface area (Å²) in [6.07, 6.45) is 3.57. The fourth-order valence-electron chi connectivity index (χ4n) is 5.44. The Morgan fingerprint density at radius 2 is 1.84 bits per heavy atom. The van der Waals surface area contributed by atoms with Crippen molar-refractivity contribution in [3.05, 3.63) is 128 Å². The fraction of sp³-hybridized carbons (Fsp3) is 0.171. The summed E-state index contributed by atoms with van der Waals surface area (Å²) in [5, 5.41) is 0.920. The number of rotatable bonds is 9. The molecule has 222 valence electrons. The summed E-state index contributed by atoms with van der Waals surface area (Å²) < 4.78 is 18.7. The normalized spacial score (nSPS) is 14.7. The van der Waals surface area contributed by atoms with Gasteiger partial charge >= 0.3 is 5.97 Å². The molecule has 0 aliphatic carbocycles. The highest BCUT2D eigenvalue weighted by Gasteiger charge is 2.33. The minimum atomic E-state index is -0.724. The van der Waals surface area contributed by atoms with Gasteiger partial charge in [-0.05, 0) is 61.4 Å². The molecule has 6 rings (SSSR count). The van der Waals surface area contributed by atoms with Crippen LogP contribution in [-0.4, -0.2) is 35.8 Å². The zero-order valence-corrected chi connectivity index (χ0v) is 25.4. The van der Waals surface area contributed by atoms with Gasteiger partial charge in [-0.15, -0.1) is 0 Å². The average molecular weight is 606 g/mol.